The zero-order valence-corrected chi connectivity index (χ0v) is 12.1. The Morgan fingerprint density at radius 1 is 1.33 bits per heavy atom. The molecule has 0 amide bonds. The topological polar surface area (TPSA) is 29.3 Å². The maximum Gasteiger partial charge on any atom is 0.194 e. The molecule has 3 rings (SSSR count). The minimum Gasteiger partial charge on any atom is -0.306 e. The maximum atomic E-state index is 4.59. The van der Waals surface area contributed by atoms with Crippen molar-refractivity contribution in [2.75, 3.05) is 0 Å². The highest BCUT2D eigenvalue weighted by Crippen LogP contribution is 2.20. The van der Waals surface area contributed by atoms with E-state index in [0.29, 0.717) is 0 Å². The summed E-state index contributed by atoms with van der Waals surface area (Å²) in [6.07, 6.45) is 2.17. The third-order valence-corrected chi connectivity index (χ3v) is 4.69. The minimum absolute atomic E-state index is 0.862. The van der Waals surface area contributed by atoms with Gasteiger partial charge < -0.3 is 5.32 Å². The van der Waals surface area contributed by atoms with E-state index in [4.69, 9.17) is 0 Å². The van der Waals surface area contributed by atoms with Gasteiger partial charge in [-0.05, 0) is 25.3 Å². The number of nitrogens with zero attached hydrogens (tertiary/aromatic N) is 2. The Hall–Kier alpha value is -1.17. The first-order valence-corrected chi connectivity index (χ1v) is 7.61. The molecule has 0 aliphatic heterocycles. The van der Waals surface area contributed by atoms with Gasteiger partial charge in [0, 0.05) is 29.0 Å². The van der Waals surface area contributed by atoms with Crippen LogP contribution in [0, 0.1) is 13.8 Å². The second kappa shape index (κ2) is 4.84. The Balaban J connectivity index is 1.75. The van der Waals surface area contributed by atoms with Gasteiger partial charge in [0.2, 0.25) is 0 Å². The van der Waals surface area contributed by atoms with Gasteiger partial charge in [0.15, 0.2) is 4.96 Å². The molecular weight excluding hydrogens is 262 g/mol. The van der Waals surface area contributed by atoms with Crippen LogP contribution in [0.25, 0.3) is 4.96 Å². The summed E-state index contributed by atoms with van der Waals surface area (Å²) in [7, 11) is 0. The molecule has 0 radical (unpaired) electrons. The fraction of sp³-hybridized carbons (Fsp3) is 0.308. The monoisotopic (exact) mass is 277 g/mol. The number of nitrogens with one attached hydrogen (secondary N) is 1. The van der Waals surface area contributed by atoms with Gasteiger partial charge in [0.05, 0.1) is 11.4 Å². The SMILES string of the molecule is Cc1cn2c(CNCc3cccs3)c(C)nc2s1. The zero-order valence-electron chi connectivity index (χ0n) is 10.4. The fourth-order valence-corrected chi connectivity index (χ4v) is 3.60. The molecule has 0 spiro atoms. The normalized spacial score (nSPS) is 11.4. The largest absolute Gasteiger partial charge is 0.306 e. The molecule has 0 unspecified atom stereocenters. The smallest absolute Gasteiger partial charge is 0.194 e. The van der Waals surface area contributed by atoms with Crippen LogP contribution in [0.4, 0.5) is 0 Å². The van der Waals surface area contributed by atoms with Crippen molar-refractivity contribution in [1.29, 1.82) is 0 Å². The summed E-state index contributed by atoms with van der Waals surface area (Å²) in [5, 5.41) is 5.60. The van der Waals surface area contributed by atoms with E-state index >= 15 is 0 Å². The molecule has 3 nitrogen and oxygen atoms in total. The first kappa shape index (κ1) is 11.9. The molecule has 0 aromatic carbocycles. The Kier molecular flexibility index (Phi) is 3.20. The number of aryl methyl sites for hydroxylation is 2. The number of thiophene rings is 1. The van der Waals surface area contributed by atoms with E-state index < -0.39 is 0 Å². The van der Waals surface area contributed by atoms with E-state index in [9.17, 15) is 0 Å². The van der Waals surface area contributed by atoms with Crippen LogP contribution in [0.1, 0.15) is 21.1 Å². The molecule has 0 aliphatic carbocycles. The van der Waals surface area contributed by atoms with Crippen LogP contribution in [0.2, 0.25) is 0 Å². The minimum atomic E-state index is 0.862. The van der Waals surface area contributed by atoms with Gasteiger partial charge in [0.25, 0.3) is 0 Å². The van der Waals surface area contributed by atoms with Gasteiger partial charge in [-0.1, -0.05) is 6.07 Å². The molecule has 0 fully saturated rings. The number of aromatic nitrogens is 2. The van der Waals surface area contributed by atoms with E-state index in [1.807, 2.05) is 0 Å². The molecule has 0 saturated carbocycles. The van der Waals surface area contributed by atoms with Crippen LogP contribution in [0.3, 0.4) is 0 Å². The number of hydrogen-bond donors (Lipinski definition) is 1. The summed E-state index contributed by atoms with van der Waals surface area (Å²) in [6.45, 7) is 5.99. The average molecular weight is 277 g/mol. The lowest BCUT2D eigenvalue weighted by molar-refractivity contribution is 0.679. The number of hydrogen-bond acceptors (Lipinski definition) is 4. The summed E-state index contributed by atoms with van der Waals surface area (Å²) >= 11 is 3.53. The van der Waals surface area contributed by atoms with Gasteiger partial charge in [-0.15, -0.1) is 22.7 Å². The Morgan fingerprint density at radius 2 is 2.22 bits per heavy atom. The van der Waals surface area contributed by atoms with E-state index in [2.05, 4.69) is 52.3 Å². The lowest BCUT2D eigenvalue weighted by Crippen LogP contribution is -2.13. The number of imidazole rings is 1. The Morgan fingerprint density at radius 3 is 3.00 bits per heavy atom. The van der Waals surface area contributed by atoms with Crippen molar-refractivity contribution in [3.63, 3.8) is 0 Å². The standard InChI is InChI=1S/C13H15N3S2/c1-9-8-16-12(10(2)15-13(16)18-9)7-14-6-11-4-3-5-17-11/h3-5,8,14H,6-7H2,1-2H3. The predicted molar refractivity (Wildman–Crippen MR) is 77.4 cm³/mol. The molecule has 3 heterocycles. The van der Waals surface area contributed by atoms with Crippen molar-refractivity contribution in [1.82, 2.24) is 14.7 Å². The molecule has 0 saturated heterocycles. The molecule has 0 atom stereocenters. The highest BCUT2D eigenvalue weighted by atomic mass is 32.1. The Labute approximate surface area is 114 Å². The highest BCUT2D eigenvalue weighted by Gasteiger charge is 2.10. The number of fused-ring (bicyclic) bond motifs is 1. The summed E-state index contributed by atoms with van der Waals surface area (Å²) in [4.78, 5) is 8.36. The summed E-state index contributed by atoms with van der Waals surface area (Å²) in [5.41, 5.74) is 2.39. The Bertz CT molecular complexity index is 649. The maximum absolute atomic E-state index is 4.59. The van der Waals surface area contributed by atoms with Crippen LogP contribution in [-0.2, 0) is 13.1 Å². The van der Waals surface area contributed by atoms with Crippen LogP contribution in [0.15, 0.2) is 23.7 Å². The summed E-state index contributed by atoms with van der Waals surface area (Å²) in [6, 6.07) is 4.25. The first-order valence-electron chi connectivity index (χ1n) is 5.91. The van der Waals surface area contributed by atoms with Crippen molar-refractivity contribution in [3.05, 3.63) is 44.9 Å². The van der Waals surface area contributed by atoms with E-state index in [1.165, 1.54) is 15.4 Å². The number of rotatable bonds is 4. The third-order valence-electron chi connectivity index (χ3n) is 2.91. The zero-order chi connectivity index (χ0) is 12.5. The summed E-state index contributed by atoms with van der Waals surface area (Å²) in [5.74, 6) is 0. The molecule has 5 heteroatoms. The van der Waals surface area contributed by atoms with Crippen LogP contribution >= 0.6 is 22.7 Å². The van der Waals surface area contributed by atoms with E-state index in [1.54, 1.807) is 22.7 Å². The molecular formula is C13H15N3S2. The van der Waals surface area contributed by atoms with Crippen LogP contribution < -0.4 is 5.32 Å². The van der Waals surface area contributed by atoms with E-state index in [-0.39, 0.29) is 0 Å². The summed E-state index contributed by atoms with van der Waals surface area (Å²) < 4.78 is 2.21. The van der Waals surface area contributed by atoms with Crippen molar-refractivity contribution < 1.29 is 0 Å². The molecule has 3 aromatic rings. The third kappa shape index (κ3) is 2.21. The fourth-order valence-electron chi connectivity index (χ4n) is 2.04. The molecule has 0 bridgehead atoms. The van der Waals surface area contributed by atoms with Gasteiger partial charge in [-0.2, -0.15) is 0 Å². The number of thiazole rings is 1. The predicted octanol–water partition coefficient (Wildman–Crippen LogP) is 3.36. The van der Waals surface area contributed by atoms with Crippen LogP contribution in [-0.4, -0.2) is 9.38 Å². The molecule has 0 aliphatic rings. The second-order valence-corrected chi connectivity index (χ2v) is 6.57. The molecule has 3 aromatic heterocycles. The average Bonchev–Trinajstić information content (AvgIpc) is 2.99. The lowest BCUT2D eigenvalue weighted by Gasteiger charge is -2.03. The van der Waals surface area contributed by atoms with E-state index in [0.717, 1.165) is 23.7 Å². The van der Waals surface area contributed by atoms with Crippen molar-refractivity contribution >= 4 is 27.6 Å². The molecule has 94 valence electrons. The van der Waals surface area contributed by atoms with Gasteiger partial charge in [-0.3, -0.25) is 4.40 Å². The van der Waals surface area contributed by atoms with Gasteiger partial charge in [-0.25, -0.2) is 4.98 Å². The first-order chi connectivity index (χ1) is 8.74. The molecule has 1 N–H and O–H groups in total. The highest BCUT2D eigenvalue weighted by molar-refractivity contribution is 7.17. The molecule has 18 heavy (non-hydrogen) atoms. The van der Waals surface area contributed by atoms with Crippen LogP contribution in [0.5, 0.6) is 0 Å². The van der Waals surface area contributed by atoms with Crippen molar-refractivity contribution in [3.8, 4) is 0 Å². The lowest BCUT2D eigenvalue weighted by atomic mass is 10.3. The van der Waals surface area contributed by atoms with Gasteiger partial charge >= 0.3 is 0 Å². The quantitative estimate of drug-likeness (QED) is 0.792. The van der Waals surface area contributed by atoms with Gasteiger partial charge in [0.1, 0.15) is 0 Å². The van der Waals surface area contributed by atoms with Crippen molar-refractivity contribution in [2.24, 2.45) is 0 Å². The van der Waals surface area contributed by atoms with Crippen molar-refractivity contribution in [2.45, 2.75) is 26.9 Å². The second-order valence-electron chi connectivity index (χ2n) is 4.32.